The molecule has 5 rings (SSSR count). The first-order valence-electron chi connectivity index (χ1n) is 12.1. The lowest BCUT2D eigenvalue weighted by Gasteiger charge is -2.14. The molecule has 1 aliphatic carbocycles. The number of anilines is 2. The summed E-state index contributed by atoms with van der Waals surface area (Å²) in [7, 11) is 0. The number of halogens is 1. The Kier molecular flexibility index (Phi) is 6.84. The second kappa shape index (κ2) is 10.2. The van der Waals surface area contributed by atoms with Crippen molar-refractivity contribution in [3.05, 3.63) is 88.5 Å². The fourth-order valence-electron chi connectivity index (χ4n) is 4.36. The Balaban J connectivity index is 1.31. The van der Waals surface area contributed by atoms with Gasteiger partial charge in [-0.2, -0.15) is 0 Å². The average Bonchev–Trinajstić information content (AvgIpc) is 3.64. The summed E-state index contributed by atoms with van der Waals surface area (Å²) < 4.78 is 11.7. The number of aryl methyl sites for hydroxylation is 1. The van der Waals surface area contributed by atoms with Crippen LogP contribution >= 0.6 is 15.9 Å². The van der Waals surface area contributed by atoms with E-state index in [4.69, 9.17) is 9.26 Å². The molecule has 1 saturated carbocycles. The number of rotatable bonds is 7. The number of urea groups is 1. The van der Waals surface area contributed by atoms with Gasteiger partial charge in [-0.25, -0.2) is 4.79 Å². The van der Waals surface area contributed by atoms with Crippen LogP contribution < -0.4 is 10.6 Å². The zero-order valence-electron chi connectivity index (χ0n) is 20.5. The summed E-state index contributed by atoms with van der Waals surface area (Å²) in [5, 5.41) is 9.72. The van der Waals surface area contributed by atoms with Crippen molar-refractivity contribution in [2.24, 2.45) is 0 Å². The van der Waals surface area contributed by atoms with Gasteiger partial charge in [0.15, 0.2) is 5.76 Å². The maximum Gasteiger partial charge on any atom is 0.323 e. The number of hydrogen-bond donors (Lipinski definition) is 2. The maximum atomic E-state index is 12.6. The normalized spacial score (nSPS) is 13.6. The molecule has 2 amide bonds. The lowest BCUT2D eigenvalue weighted by atomic mass is 9.93. The quantitative estimate of drug-likeness (QED) is 0.231. The second-order valence-corrected chi connectivity index (χ2v) is 9.93. The summed E-state index contributed by atoms with van der Waals surface area (Å²) in [6, 6.07) is 22.9. The number of nitrogens with zero attached hydrogens (tertiary/aromatic N) is 1. The van der Waals surface area contributed by atoms with Crippen LogP contribution in [0.15, 0.2) is 81.8 Å². The van der Waals surface area contributed by atoms with Gasteiger partial charge in [0.2, 0.25) is 0 Å². The molecule has 2 N–H and O–H groups in total. The van der Waals surface area contributed by atoms with Crippen molar-refractivity contribution in [1.29, 1.82) is 0 Å². The first kappa shape index (κ1) is 24.8. The molecule has 1 aliphatic rings. The first-order valence-corrected chi connectivity index (χ1v) is 12.9. The van der Waals surface area contributed by atoms with Gasteiger partial charge in [-0.1, -0.05) is 75.7 Å². The van der Waals surface area contributed by atoms with Crippen LogP contribution in [0.3, 0.4) is 0 Å². The predicted molar refractivity (Wildman–Crippen MR) is 146 cm³/mol. The molecule has 0 bridgehead atoms. The van der Waals surface area contributed by atoms with Gasteiger partial charge in [0.25, 0.3) is 0 Å². The third-order valence-electron chi connectivity index (χ3n) is 6.52. The molecule has 1 fully saturated rings. The molecular weight excluding hydrogens is 534 g/mol. The van der Waals surface area contributed by atoms with Crippen LogP contribution in [-0.2, 0) is 14.9 Å². The van der Waals surface area contributed by atoms with Crippen molar-refractivity contribution in [1.82, 2.24) is 5.16 Å². The van der Waals surface area contributed by atoms with E-state index in [1.54, 1.807) is 13.0 Å². The largest absolute Gasteiger partial charge is 0.465 e. The number of esters is 1. The molecule has 4 aromatic rings. The Morgan fingerprint density at radius 3 is 2.24 bits per heavy atom. The number of aromatic nitrogens is 1. The summed E-state index contributed by atoms with van der Waals surface area (Å²) in [6.07, 6.45) is 1.65. The van der Waals surface area contributed by atoms with E-state index in [1.165, 1.54) is 0 Å². The Morgan fingerprint density at radius 1 is 0.973 bits per heavy atom. The maximum absolute atomic E-state index is 12.6. The van der Waals surface area contributed by atoms with Crippen molar-refractivity contribution in [2.75, 3.05) is 17.2 Å². The average molecular weight is 560 g/mol. The van der Waals surface area contributed by atoms with E-state index in [2.05, 4.69) is 31.7 Å². The molecule has 1 heterocycles. The molecule has 0 aliphatic heterocycles. The summed E-state index contributed by atoms with van der Waals surface area (Å²) in [5.74, 6) is 0.345. The van der Waals surface area contributed by atoms with E-state index in [0.29, 0.717) is 29.4 Å². The molecule has 0 radical (unpaired) electrons. The Hall–Kier alpha value is -3.91. The number of carbonyl (C=O) groups is 2. The molecule has 0 spiro atoms. The molecule has 3 aromatic carbocycles. The van der Waals surface area contributed by atoms with E-state index in [-0.39, 0.29) is 5.97 Å². The highest BCUT2D eigenvalue weighted by atomic mass is 79.9. The predicted octanol–water partition coefficient (Wildman–Crippen LogP) is 7.32. The van der Waals surface area contributed by atoms with Gasteiger partial charge in [-0.3, -0.25) is 4.79 Å². The van der Waals surface area contributed by atoms with Crippen LogP contribution in [0.4, 0.5) is 16.2 Å². The van der Waals surface area contributed by atoms with Gasteiger partial charge in [-0.05, 0) is 61.6 Å². The lowest BCUT2D eigenvalue weighted by Crippen LogP contribution is -2.23. The first-order chi connectivity index (χ1) is 17.9. The van der Waals surface area contributed by atoms with Gasteiger partial charge < -0.3 is 19.9 Å². The number of carbonyl (C=O) groups excluding carboxylic acids is 2. The van der Waals surface area contributed by atoms with E-state index in [9.17, 15) is 9.59 Å². The molecular formula is C29H26BrN3O4. The number of ether oxygens (including phenoxy) is 1. The van der Waals surface area contributed by atoms with E-state index in [1.807, 2.05) is 73.7 Å². The highest BCUT2D eigenvalue weighted by Crippen LogP contribution is 2.49. The van der Waals surface area contributed by atoms with E-state index >= 15 is 0 Å². The highest BCUT2D eigenvalue weighted by molar-refractivity contribution is 9.10. The standard InChI is InChI=1S/C29H26BrN3O4/c1-3-36-27(34)29(15-16-29)22-13-11-20(12-14-22)19-7-9-21(10-8-19)26-25(18(2)33-37-26)32-28(35)31-24-6-4-5-23(30)17-24/h4-14,17H,3,15-16H2,1-2H3,(H2,31,32,35). The monoisotopic (exact) mass is 559 g/mol. The van der Waals surface area contributed by atoms with E-state index < -0.39 is 11.4 Å². The van der Waals surface area contributed by atoms with Crippen LogP contribution in [0.1, 0.15) is 31.0 Å². The smallest absolute Gasteiger partial charge is 0.323 e. The van der Waals surface area contributed by atoms with Gasteiger partial charge >= 0.3 is 12.0 Å². The van der Waals surface area contributed by atoms with Crippen LogP contribution in [0, 0.1) is 6.92 Å². The van der Waals surface area contributed by atoms with Crippen LogP contribution in [0.2, 0.25) is 0 Å². The molecule has 188 valence electrons. The third-order valence-corrected chi connectivity index (χ3v) is 7.01. The zero-order valence-corrected chi connectivity index (χ0v) is 22.1. The number of nitrogens with one attached hydrogen (secondary N) is 2. The minimum atomic E-state index is -0.477. The summed E-state index contributed by atoms with van der Waals surface area (Å²) in [5.41, 5.74) is 5.12. The minimum Gasteiger partial charge on any atom is -0.465 e. The molecule has 37 heavy (non-hydrogen) atoms. The molecule has 7 nitrogen and oxygen atoms in total. The zero-order chi connectivity index (χ0) is 26.0. The topological polar surface area (TPSA) is 93.5 Å². The van der Waals surface area contributed by atoms with Crippen LogP contribution in [-0.4, -0.2) is 23.8 Å². The van der Waals surface area contributed by atoms with Gasteiger partial charge in [0, 0.05) is 15.7 Å². The number of hydrogen-bond acceptors (Lipinski definition) is 5. The number of benzene rings is 3. The lowest BCUT2D eigenvalue weighted by molar-refractivity contribution is -0.146. The number of amides is 2. The Morgan fingerprint density at radius 2 is 1.62 bits per heavy atom. The van der Waals surface area contributed by atoms with Crippen LogP contribution in [0.25, 0.3) is 22.5 Å². The van der Waals surface area contributed by atoms with Gasteiger partial charge in [-0.15, -0.1) is 0 Å². The van der Waals surface area contributed by atoms with E-state index in [0.717, 1.165) is 39.6 Å². The summed E-state index contributed by atoms with van der Waals surface area (Å²) >= 11 is 3.40. The SMILES string of the molecule is CCOC(=O)C1(c2ccc(-c3ccc(-c4onc(C)c4NC(=O)Nc4cccc(Br)c4)cc3)cc2)CC1. The highest BCUT2D eigenvalue weighted by Gasteiger charge is 2.52. The second-order valence-electron chi connectivity index (χ2n) is 9.02. The van der Waals surface area contributed by atoms with Gasteiger partial charge in [0.05, 0.1) is 12.0 Å². The Bertz CT molecular complexity index is 1440. The molecule has 1 aromatic heterocycles. The van der Waals surface area contributed by atoms with Gasteiger partial charge in [0.1, 0.15) is 11.4 Å². The van der Waals surface area contributed by atoms with Crippen molar-refractivity contribution >= 4 is 39.3 Å². The molecule has 0 atom stereocenters. The minimum absolute atomic E-state index is 0.135. The summed E-state index contributed by atoms with van der Waals surface area (Å²) in [6.45, 7) is 4.00. The fourth-order valence-corrected chi connectivity index (χ4v) is 4.76. The fraction of sp³-hybridized carbons (Fsp3) is 0.207. The molecule has 0 saturated heterocycles. The van der Waals surface area contributed by atoms with Crippen molar-refractivity contribution in [2.45, 2.75) is 32.1 Å². The Labute approximate surface area is 223 Å². The van der Waals surface area contributed by atoms with Crippen molar-refractivity contribution in [3.63, 3.8) is 0 Å². The molecule has 0 unspecified atom stereocenters. The van der Waals surface area contributed by atoms with Crippen molar-refractivity contribution < 1.29 is 18.8 Å². The summed E-state index contributed by atoms with van der Waals surface area (Å²) in [4.78, 5) is 25.0. The van der Waals surface area contributed by atoms with Crippen molar-refractivity contribution in [3.8, 4) is 22.5 Å². The third kappa shape index (κ3) is 5.15. The molecule has 8 heteroatoms. The van der Waals surface area contributed by atoms with Crippen LogP contribution in [0.5, 0.6) is 0 Å².